The van der Waals surface area contributed by atoms with Crippen molar-refractivity contribution in [2.24, 2.45) is 5.16 Å². The number of carbonyl (C=O) groups excluding carboxylic acids is 2. The molecular formula is C22H24N2O6. The summed E-state index contributed by atoms with van der Waals surface area (Å²) >= 11 is 0. The number of oxime groups is 1. The molecule has 30 heavy (non-hydrogen) atoms. The van der Waals surface area contributed by atoms with Crippen LogP contribution >= 0.6 is 0 Å². The Morgan fingerprint density at radius 3 is 2.23 bits per heavy atom. The van der Waals surface area contributed by atoms with Crippen molar-refractivity contribution in [1.29, 1.82) is 0 Å². The average molecular weight is 412 g/mol. The Morgan fingerprint density at radius 2 is 1.70 bits per heavy atom. The van der Waals surface area contributed by atoms with Crippen molar-refractivity contribution in [2.45, 2.75) is 24.9 Å². The van der Waals surface area contributed by atoms with Crippen molar-refractivity contribution in [3.63, 3.8) is 0 Å². The summed E-state index contributed by atoms with van der Waals surface area (Å²) in [4.78, 5) is 27.1. The molecule has 1 amide bonds. The summed E-state index contributed by atoms with van der Waals surface area (Å²) < 4.78 is 15.5. The molecule has 2 aromatic carbocycles. The Balaban J connectivity index is 2.20. The monoisotopic (exact) mass is 412 g/mol. The van der Waals surface area contributed by atoms with E-state index in [1.807, 2.05) is 6.07 Å². The van der Waals surface area contributed by atoms with Crippen molar-refractivity contribution in [1.82, 2.24) is 4.90 Å². The van der Waals surface area contributed by atoms with Crippen LogP contribution in [-0.4, -0.2) is 54.7 Å². The number of rotatable bonds is 5. The van der Waals surface area contributed by atoms with Gasteiger partial charge < -0.3 is 19.4 Å². The van der Waals surface area contributed by atoms with Crippen molar-refractivity contribution < 1.29 is 29.0 Å². The zero-order chi connectivity index (χ0) is 21.7. The first-order valence-corrected chi connectivity index (χ1v) is 9.51. The van der Waals surface area contributed by atoms with Crippen LogP contribution < -0.4 is 4.74 Å². The average Bonchev–Trinajstić information content (AvgIpc) is 3.14. The molecule has 158 valence electrons. The molecule has 1 aliphatic heterocycles. The second-order valence-electron chi connectivity index (χ2n) is 6.66. The van der Waals surface area contributed by atoms with E-state index in [-0.39, 0.29) is 12.3 Å². The predicted octanol–water partition coefficient (Wildman–Crippen LogP) is 3.36. The fraction of sp³-hybridized carbons (Fsp3) is 0.318. The maximum Gasteiger partial charge on any atom is 0.411 e. The van der Waals surface area contributed by atoms with E-state index in [0.29, 0.717) is 16.9 Å². The fourth-order valence-electron chi connectivity index (χ4n) is 3.85. The van der Waals surface area contributed by atoms with Gasteiger partial charge in [-0.1, -0.05) is 47.6 Å². The van der Waals surface area contributed by atoms with E-state index >= 15 is 0 Å². The van der Waals surface area contributed by atoms with Crippen LogP contribution in [0.4, 0.5) is 4.79 Å². The first-order valence-electron chi connectivity index (χ1n) is 9.51. The van der Waals surface area contributed by atoms with Crippen LogP contribution in [-0.2, 0) is 14.3 Å². The number of hydrogen-bond acceptors (Lipinski definition) is 7. The first-order chi connectivity index (χ1) is 14.6. The van der Waals surface area contributed by atoms with Crippen LogP contribution in [0, 0.1) is 0 Å². The summed E-state index contributed by atoms with van der Waals surface area (Å²) in [5, 5.41) is 13.5. The topological polar surface area (TPSA) is 97.7 Å². The van der Waals surface area contributed by atoms with E-state index in [0.717, 1.165) is 0 Å². The summed E-state index contributed by atoms with van der Waals surface area (Å²) in [5.41, 5.74) is 1.60. The van der Waals surface area contributed by atoms with E-state index < -0.39 is 30.1 Å². The van der Waals surface area contributed by atoms with E-state index in [1.54, 1.807) is 62.6 Å². The molecule has 1 saturated heterocycles. The summed E-state index contributed by atoms with van der Waals surface area (Å²) in [5.74, 6) is -0.705. The Bertz CT molecular complexity index is 913. The van der Waals surface area contributed by atoms with Crippen LogP contribution in [0.2, 0.25) is 0 Å². The highest BCUT2D eigenvalue weighted by molar-refractivity contribution is 6.06. The molecule has 0 aliphatic carbocycles. The van der Waals surface area contributed by atoms with Gasteiger partial charge in [-0.05, 0) is 30.2 Å². The van der Waals surface area contributed by atoms with E-state index in [9.17, 15) is 14.8 Å². The van der Waals surface area contributed by atoms with E-state index in [4.69, 9.17) is 14.2 Å². The van der Waals surface area contributed by atoms with Gasteiger partial charge in [-0.25, -0.2) is 9.59 Å². The van der Waals surface area contributed by atoms with Gasteiger partial charge in [0.05, 0.1) is 32.5 Å². The van der Waals surface area contributed by atoms with Gasteiger partial charge >= 0.3 is 12.1 Å². The lowest BCUT2D eigenvalue weighted by atomic mass is 9.87. The fourth-order valence-corrected chi connectivity index (χ4v) is 3.85. The van der Waals surface area contributed by atoms with Gasteiger partial charge in [-0.2, -0.15) is 0 Å². The zero-order valence-electron chi connectivity index (χ0n) is 17.0. The number of amides is 1. The molecule has 8 nitrogen and oxygen atoms in total. The Morgan fingerprint density at radius 1 is 1.03 bits per heavy atom. The minimum Gasteiger partial charge on any atom is -0.497 e. The third-order valence-corrected chi connectivity index (χ3v) is 5.11. The molecule has 0 radical (unpaired) electrons. The number of carbonyl (C=O) groups is 2. The normalized spacial score (nSPS) is 22.0. The zero-order valence-corrected chi connectivity index (χ0v) is 17.0. The molecule has 8 heteroatoms. The smallest absolute Gasteiger partial charge is 0.411 e. The van der Waals surface area contributed by atoms with Crippen molar-refractivity contribution in [2.75, 3.05) is 20.8 Å². The SMILES string of the molecule is CCOC(=O)[C@@H]1[C@@H](c2ccc(OC)cc2)/C(=N/O)[C@H](c2ccccc2)N1C(=O)OC. The second kappa shape index (κ2) is 9.30. The van der Waals surface area contributed by atoms with Crippen LogP contribution in [0.25, 0.3) is 0 Å². The summed E-state index contributed by atoms with van der Waals surface area (Å²) in [6, 6.07) is 14.2. The lowest BCUT2D eigenvalue weighted by molar-refractivity contribution is -0.148. The molecule has 0 unspecified atom stereocenters. The Hall–Kier alpha value is -3.55. The van der Waals surface area contributed by atoms with Gasteiger partial charge in [0.1, 0.15) is 17.8 Å². The van der Waals surface area contributed by atoms with Crippen LogP contribution in [0.1, 0.15) is 30.0 Å². The van der Waals surface area contributed by atoms with Gasteiger partial charge in [-0.3, -0.25) is 4.90 Å². The van der Waals surface area contributed by atoms with Gasteiger partial charge in [-0.15, -0.1) is 0 Å². The maximum atomic E-state index is 13.0. The molecule has 0 aromatic heterocycles. The van der Waals surface area contributed by atoms with Gasteiger partial charge in [0.2, 0.25) is 0 Å². The second-order valence-corrected chi connectivity index (χ2v) is 6.66. The largest absolute Gasteiger partial charge is 0.497 e. The Labute approximate surface area is 174 Å². The highest BCUT2D eigenvalue weighted by Crippen LogP contribution is 2.44. The Kier molecular flexibility index (Phi) is 6.56. The van der Waals surface area contributed by atoms with E-state index in [1.165, 1.54) is 12.0 Å². The minimum absolute atomic E-state index is 0.140. The molecule has 1 fully saturated rings. The van der Waals surface area contributed by atoms with Gasteiger partial charge in [0, 0.05) is 0 Å². The number of likely N-dealkylation sites (tertiary alicyclic amines) is 1. The standard InChI is InChI=1S/C22H24N2O6/c1-4-30-21(25)20-17(14-10-12-16(28-2)13-11-14)18(23-27)19(24(20)22(26)29-3)15-8-6-5-7-9-15/h5-13,17,19-20,27H,4H2,1-3H3/b23-18-/t17-,19-,20-/m0/s1. The third-order valence-electron chi connectivity index (χ3n) is 5.11. The van der Waals surface area contributed by atoms with Crippen LogP contribution in [0.3, 0.4) is 0 Å². The summed E-state index contributed by atoms with van der Waals surface area (Å²) in [6.45, 7) is 1.83. The molecule has 0 saturated carbocycles. The number of ether oxygens (including phenoxy) is 3. The number of methoxy groups -OCH3 is 2. The number of hydrogen-bond donors (Lipinski definition) is 1. The molecule has 0 spiro atoms. The van der Waals surface area contributed by atoms with Crippen LogP contribution in [0.15, 0.2) is 59.8 Å². The molecule has 1 aliphatic rings. The van der Waals surface area contributed by atoms with E-state index in [2.05, 4.69) is 5.16 Å². The summed E-state index contributed by atoms with van der Waals surface area (Å²) in [7, 11) is 2.79. The number of esters is 1. The molecule has 2 aromatic rings. The lowest BCUT2D eigenvalue weighted by Crippen LogP contribution is -2.44. The molecule has 3 atom stereocenters. The lowest BCUT2D eigenvalue weighted by Gasteiger charge is -2.28. The van der Waals surface area contributed by atoms with Crippen molar-refractivity contribution in [3.8, 4) is 5.75 Å². The van der Waals surface area contributed by atoms with Crippen molar-refractivity contribution >= 4 is 17.8 Å². The number of benzene rings is 2. The molecule has 3 rings (SSSR count). The quantitative estimate of drug-likeness (QED) is 0.459. The van der Waals surface area contributed by atoms with Gasteiger partial charge in [0.15, 0.2) is 0 Å². The predicted molar refractivity (Wildman–Crippen MR) is 109 cm³/mol. The maximum absolute atomic E-state index is 13.0. The minimum atomic E-state index is -1.07. The molecule has 0 bridgehead atoms. The first kappa shape index (κ1) is 21.2. The molecule has 1 heterocycles. The highest BCUT2D eigenvalue weighted by Gasteiger charge is 2.55. The molecule has 1 N–H and O–H groups in total. The summed E-state index contributed by atoms with van der Waals surface area (Å²) in [6.07, 6.45) is -0.723. The van der Waals surface area contributed by atoms with Crippen LogP contribution in [0.5, 0.6) is 5.75 Å². The van der Waals surface area contributed by atoms with Crippen molar-refractivity contribution in [3.05, 3.63) is 65.7 Å². The third kappa shape index (κ3) is 3.80. The van der Waals surface area contributed by atoms with Gasteiger partial charge in [0.25, 0.3) is 0 Å². The molecular weight excluding hydrogens is 388 g/mol. The highest BCUT2D eigenvalue weighted by atomic mass is 16.6. The number of nitrogens with zero attached hydrogens (tertiary/aromatic N) is 2.